The number of guanidine groups is 1. The van der Waals surface area contributed by atoms with Gasteiger partial charge in [0.15, 0.2) is 5.96 Å². The van der Waals surface area contributed by atoms with Crippen molar-refractivity contribution in [2.75, 3.05) is 58.4 Å². The number of hydrogen-bond donors (Lipinski definition) is 2. The van der Waals surface area contributed by atoms with Crippen molar-refractivity contribution in [2.24, 2.45) is 4.99 Å². The van der Waals surface area contributed by atoms with E-state index in [1.807, 2.05) is 19.1 Å². The number of hydrogen-bond acceptors (Lipinski definition) is 5. The molecule has 2 aliphatic rings. The summed E-state index contributed by atoms with van der Waals surface area (Å²) in [4.78, 5) is 9.25. The van der Waals surface area contributed by atoms with Gasteiger partial charge in [-0.25, -0.2) is 0 Å². The van der Waals surface area contributed by atoms with Gasteiger partial charge in [-0.15, -0.1) is 0 Å². The normalized spacial score (nSPS) is 21.6. The van der Waals surface area contributed by atoms with Crippen LogP contribution in [0.2, 0.25) is 0 Å². The summed E-state index contributed by atoms with van der Waals surface area (Å²) in [6.07, 6.45) is 2.81. The number of nitrogens with zero attached hydrogens (tertiary/aromatic N) is 3. The van der Waals surface area contributed by atoms with Gasteiger partial charge < -0.3 is 29.9 Å². The van der Waals surface area contributed by atoms with Crippen molar-refractivity contribution in [3.63, 3.8) is 0 Å². The first kappa shape index (κ1) is 23.5. The van der Waals surface area contributed by atoms with Crippen LogP contribution >= 0.6 is 0 Å². The molecule has 3 rings (SSSR count). The van der Waals surface area contributed by atoms with Crippen LogP contribution in [0.4, 0.5) is 14.5 Å². The third-order valence-electron chi connectivity index (χ3n) is 6.20. The molecule has 2 fully saturated rings. The fraction of sp³-hybridized carbons (Fsp3) is 0.682. The van der Waals surface area contributed by atoms with Crippen LogP contribution in [0, 0.1) is 0 Å². The van der Waals surface area contributed by atoms with Gasteiger partial charge in [-0.1, -0.05) is 12.1 Å². The lowest BCUT2D eigenvalue weighted by Crippen LogP contribution is -2.52. The summed E-state index contributed by atoms with van der Waals surface area (Å²) in [5, 5.41) is 6.88. The Morgan fingerprint density at radius 3 is 2.74 bits per heavy atom. The van der Waals surface area contributed by atoms with Crippen LogP contribution in [0.25, 0.3) is 0 Å². The fourth-order valence-corrected chi connectivity index (χ4v) is 4.25. The van der Waals surface area contributed by atoms with Gasteiger partial charge in [-0.2, -0.15) is 8.78 Å². The van der Waals surface area contributed by atoms with E-state index in [1.165, 1.54) is 0 Å². The predicted molar refractivity (Wildman–Crippen MR) is 119 cm³/mol. The number of nitrogens with one attached hydrogen (secondary N) is 2. The summed E-state index contributed by atoms with van der Waals surface area (Å²) >= 11 is 0. The summed E-state index contributed by atoms with van der Waals surface area (Å²) in [5.41, 5.74) is 0.705. The summed E-state index contributed by atoms with van der Waals surface area (Å²) < 4.78 is 35.8. The first-order valence-corrected chi connectivity index (χ1v) is 11.0. The molecule has 0 radical (unpaired) electrons. The van der Waals surface area contributed by atoms with Crippen LogP contribution < -0.4 is 20.3 Å². The molecule has 2 aliphatic heterocycles. The third-order valence-corrected chi connectivity index (χ3v) is 6.20. The Morgan fingerprint density at radius 2 is 2.06 bits per heavy atom. The zero-order valence-electron chi connectivity index (χ0n) is 18.7. The van der Waals surface area contributed by atoms with Crippen molar-refractivity contribution in [1.82, 2.24) is 15.5 Å². The number of anilines is 1. The molecule has 1 unspecified atom stereocenters. The molecule has 1 aromatic carbocycles. The minimum atomic E-state index is -2.83. The molecule has 31 heavy (non-hydrogen) atoms. The average Bonchev–Trinajstić information content (AvgIpc) is 3.21. The molecule has 0 spiro atoms. The highest BCUT2D eigenvalue weighted by Gasteiger charge is 2.35. The van der Waals surface area contributed by atoms with Crippen LogP contribution in [0.3, 0.4) is 0 Å². The molecular formula is C22H35F2N5O2. The number of benzene rings is 1. The fourth-order valence-electron chi connectivity index (χ4n) is 4.25. The number of halogens is 2. The maximum Gasteiger partial charge on any atom is 0.387 e. The smallest absolute Gasteiger partial charge is 0.387 e. The second-order valence-corrected chi connectivity index (χ2v) is 8.35. The van der Waals surface area contributed by atoms with Crippen LogP contribution in [0.1, 0.15) is 26.2 Å². The molecule has 0 aromatic heterocycles. The summed E-state index contributed by atoms with van der Waals surface area (Å²) in [7, 11) is 4.21. The van der Waals surface area contributed by atoms with Crippen molar-refractivity contribution in [3.8, 4) is 5.75 Å². The lowest BCUT2D eigenvalue weighted by molar-refractivity contribution is -0.0495. The Labute approximate surface area is 183 Å². The van der Waals surface area contributed by atoms with Crippen molar-refractivity contribution in [2.45, 2.75) is 44.4 Å². The lowest BCUT2D eigenvalue weighted by Gasteiger charge is -2.41. The highest BCUT2D eigenvalue weighted by molar-refractivity contribution is 5.80. The maximum absolute atomic E-state index is 12.8. The monoisotopic (exact) mass is 439 g/mol. The third kappa shape index (κ3) is 6.20. The standard InChI is InChI=1S/C22H35F2N5O2/c1-4-25-21(26-16-22(28(2)3)10-13-30-14-11-22)27-17-9-12-29(15-17)18-7-5-6-8-19(18)31-20(23)24/h5-8,17,20H,4,9-16H2,1-3H3,(H2,25,26,27). The number of para-hydroxylation sites is 2. The molecule has 2 N–H and O–H groups in total. The summed E-state index contributed by atoms with van der Waals surface area (Å²) in [6, 6.07) is 7.13. The van der Waals surface area contributed by atoms with Gasteiger partial charge in [0.25, 0.3) is 0 Å². The minimum Gasteiger partial charge on any atom is -0.433 e. The van der Waals surface area contributed by atoms with E-state index < -0.39 is 6.61 Å². The zero-order chi connectivity index (χ0) is 22.3. The second-order valence-electron chi connectivity index (χ2n) is 8.35. The minimum absolute atomic E-state index is 0.00780. The topological polar surface area (TPSA) is 61.4 Å². The van der Waals surface area contributed by atoms with E-state index in [1.54, 1.807) is 12.1 Å². The number of rotatable bonds is 8. The number of aliphatic imine (C=N–C) groups is 1. The van der Waals surface area contributed by atoms with E-state index >= 15 is 0 Å². The largest absolute Gasteiger partial charge is 0.433 e. The van der Waals surface area contributed by atoms with Crippen LogP contribution in [0.5, 0.6) is 5.75 Å². The van der Waals surface area contributed by atoms with Crippen molar-refractivity contribution < 1.29 is 18.3 Å². The molecule has 1 atom stereocenters. The molecule has 0 saturated carbocycles. The van der Waals surface area contributed by atoms with Gasteiger partial charge in [0, 0.05) is 44.4 Å². The molecule has 174 valence electrons. The molecule has 7 nitrogen and oxygen atoms in total. The van der Waals surface area contributed by atoms with Gasteiger partial charge in [0.05, 0.1) is 12.2 Å². The highest BCUT2D eigenvalue weighted by atomic mass is 19.3. The van der Waals surface area contributed by atoms with Gasteiger partial charge in [-0.05, 0) is 52.4 Å². The van der Waals surface area contributed by atoms with E-state index in [4.69, 9.17) is 14.5 Å². The Kier molecular flexibility index (Phi) is 8.31. The summed E-state index contributed by atoms with van der Waals surface area (Å²) in [6.45, 7) is 3.66. The zero-order valence-corrected chi connectivity index (χ0v) is 18.7. The Balaban J connectivity index is 1.64. The predicted octanol–water partition coefficient (Wildman–Crippen LogP) is 2.53. The van der Waals surface area contributed by atoms with Gasteiger partial charge in [-0.3, -0.25) is 4.99 Å². The molecule has 9 heteroatoms. The SMILES string of the molecule is CCNC(=NCC1(N(C)C)CCOCC1)NC1CCN(c2ccccc2OC(F)F)C1. The van der Waals surface area contributed by atoms with Crippen molar-refractivity contribution in [1.29, 1.82) is 0 Å². The van der Waals surface area contributed by atoms with E-state index in [0.717, 1.165) is 51.5 Å². The van der Waals surface area contributed by atoms with E-state index in [2.05, 4.69) is 34.5 Å². The highest BCUT2D eigenvalue weighted by Crippen LogP contribution is 2.32. The first-order chi connectivity index (χ1) is 14.9. The molecule has 0 amide bonds. The van der Waals surface area contributed by atoms with Gasteiger partial charge >= 0.3 is 6.61 Å². The first-order valence-electron chi connectivity index (χ1n) is 11.0. The number of likely N-dealkylation sites (N-methyl/N-ethyl adjacent to an activating group) is 1. The van der Waals surface area contributed by atoms with Crippen LogP contribution in [-0.2, 0) is 4.74 Å². The van der Waals surface area contributed by atoms with Crippen LogP contribution in [-0.4, -0.2) is 82.5 Å². The number of ether oxygens (including phenoxy) is 2. The van der Waals surface area contributed by atoms with Crippen molar-refractivity contribution in [3.05, 3.63) is 24.3 Å². The van der Waals surface area contributed by atoms with Gasteiger partial charge in [0.2, 0.25) is 0 Å². The number of alkyl halides is 2. The Bertz CT molecular complexity index is 726. The van der Waals surface area contributed by atoms with E-state index in [-0.39, 0.29) is 17.3 Å². The molecule has 0 bridgehead atoms. The Morgan fingerprint density at radius 1 is 1.32 bits per heavy atom. The van der Waals surface area contributed by atoms with E-state index in [0.29, 0.717) is 18.8 Å². The quantitative estimate of drug-likeness (QED) is 0.480. The van der Waals surface area contributed by atoms with E-state index in [9.17, 15) is 8.78 Å². The molecule has 2 heterocycles. The second kappa shape index (κ2) is 10.9. The molecule has 0 aliphatic carbocycles. The molecule has 2 saturated heterocycles. The molecule has 1 aromatic rings. The Hall–Kier alpha value is -2.13. The van der Waals surface area contributed by atoms with Gasteiger partial charge in [0.1, 0.15) is 5.75 Å². The summed E-state index contributed by atoms with van der Waals surface area (Å²) in [5.74, 6) is 1.00. The molecular weight excluding hydrogens is 404 g/mol. The van der Waals surface area contributed by atoms with Crippen LogP contribution in [0.15, 0.2) is 29.3 Å². The van der Waals surface area contributed by atoms with Crippen molar-refractivity contribution >= 4 is 11.6 Å². The average molecular weight is 440 g/mol. The lowest BCUT2D eigenvalue weighted by atomic mass is 9.89. The maximum atomic E-state index is 12.8.